The van der Waals surface area contributed by atoms with Crippen LogP contribution in [0.1, 0.15) is 176 Å². The molecule has 0 unspecified atom stereocenters. The third-order valence-electron chi connectivity index (χ3n) is 19.1. The first-order chi connectivity index (χ1) is 37.8. The SMILES string of the molecule is COC(=O)C[C@H](C(=O)N1[C@H](c2nc3ccc(-c4cc5ccc4CCCCc4ccc(c(-c6ccc7nc([C@@H]8C[C@@H]9CCCC[C@@H]9N8C(=O)[C@@H](CC(=O)OC)C(C)C)[nH]c7c6)c4)CCCC5)cc3[nH]2)C[C@@H]2CCCC[C@@H]21)C(C)C. The van der Waals surface area contributed by atoms with Crippen LogP contribution in [0.3, 0.4) is 0 Å². The summed E-state index contributed by atoms with van der Waals surface area (Å²) in [6, 6.07) is 27.6. The zero-order valence-electron chi connectivity index (χ0n) is 47.1. The minimum atomic E-state index is -0.437. The smallest absolute Gasteiger partial charge is 0.306 e. The van der Waals surface area contributed by atoms with Crippen LogP contribution in [0, 0.1) is 35.5 Å². The van der Waals surface area contributed by atoms with Gasteiger partial charge in [0.05, 0.1) is 73.0 Å². The van der Waals surface area contributed by atoms with E-state index in [1.165, 1.54) is 71.6 Å². The number of aryl methyl sites for hydroxylation is 4. The molecule has 4 bridgehead atoms. The first kappa shape index (κ1) is 53.7. The molecule has 0 radical (unpaired) electrons. The van der Waals surface area contributed by atoms with Crippen molar-refractivity contribution in [1.29, 1.82) is 0 Å². The van der Waals surface area contributed by atoms with Crippen LogP contribution in [0.15, 0.2) is 72.8 Å². The van der Waals surface area contributed by atoms with Gasteiger partial charge in [-0.3, -0.25) is 19.2 Å². The van der Waals surface area contributed by atoms with Crippen LogP contribution in [-0.4, -0.2) is 79.8 Å². The van der Waals surface area contributed by atoms with Gasteiger partial charge in [-0.2, -0.15) is 0 Å². The van der Waals surface area contributed by atoms with Gasteiger partial charge in [0.15, 0.2) is 0 Å². The van der Waals surface area contributed by atoms with Gasteiger partial charge in [-0.1, -0.05) is 102 Å². The lowest BCUT2D eigenvalue weighted by molar-refractivity contribution is -0.150. The highest BCUT2D eigenvalue weighted by atomic mass is 16.5. The molecule has 2 aromatic heterocycles. The second-order valence-corrected chi connectivity index (χ2v) is 24.6. The van der Waals surface area contributed by atoms with Gasteiger partial charge in [0.1, 0.15) is 11.6 Å². The number of carbonyl (C=O) groups excluding carboxylic acids is 4. The number of ether oxygens (including phenoxy) is 2. The van der Waals surface area contributed by atoms with E-state index in [1.54, 1.807) is 0 Å². The Bertz CT molecular complexity index is 2960. The van der Waals surface area contributed by atoms with Crippen LogP contribution in [0.25, 0.3) is 44.3 Å². The van der Waals surface area contributed by atoms with Crippen molar-refractivity contribution in [3.8, 4) is 22.3 Å². The molecule has 2 saturated heterocycles. The number of H-pyrrole nitrogens is 2. The number of aromatic nitrogens is 4. The average Bonchev–Trinajstić information content (AvgIpc) is 4.45. The van der Waals surface area contributed by atoms with Crippen molar-refractivity contribution in [2.45, 2.75) is 180 Å². The van der Waals surface area contributed by atoms with E-state index >= 15 is 0 Å². The molecule has 0 spiro atoms. The molecule has 8 aliphatic rings. The van der Waals surface area contributed by atoms with Gasteiger partial charge in [0, 0.05) is 12.1 Å². The standard InChI is InChI=1S/C66H82N6O6/c1-39(2)49(37-61(73)77-5)65(75)71-57-21-13-11-19-47(57)35-59(71)63-67-53-29-27-45(33-55(53)69-63)51-31-41-15-8-10-18-44-26-24-42(16-7-9-17-43(51)25-23-41)32-52(44)46-28-30-54-56(34-46)70-64(68-54)60-36-48-20-12-14-22-58(48)72(60)66(76)50(40(3)4)38-62(74)78-6/h23-34,39-40,47-50,57-60H,7-22,35-38H2,1-6H3,(H,67,69)(H,68,70)/t47-,48-,49-,50-,57-,58-,59-,60-/m0/s1. The molecule has 2 aliphatic heterocycles. The number of esters is 2. The molecule has 4 aromatic carbocycles. The Morgan fingerprint density at radius 3 is 1.35 bits per heavy atom. The van der Waals surface area contributed by atoms with Gasteiger partial charge >= 0.3 is 11.9 Å². The van der Waals surface area contributed by atoms with Gasteiger partial charge < -0.3 is 29.2 Å². The Balaban J connectivity index is 0.818. The predicted octanol–water partition coefficient (Wildman–Crippen LogP) is 13.6. The van der Waals surface area contributed by atoms with Crippen molar-refractivity contribution < 1.29 is 28.7 Å². The lowest BCUT2D eigenvalue weighted by atomic mass is 9.84. The third-order valence-corrected chi connectivity index (χ3v) is 19.1. The van der Waals surface area contributed by atoms with E-state index < -0.39 is 11.8 Å². The molecule has 8 atom stereocenters. The van der Waals surface area contributed by atoms with Crippen molar-refractivity contribution in [3.63, 3.8) is 0 Å². The van der Waals surface area contributed by atoms with Gasteiger partial charge in [0.2, 0.25) is 11.8 Å². The van der Waals surface area contributed by atoms with Crippen LogP contribution >= 0.6 is 0 Å². The van der Waals surface area contributed by atoms with Crippen molar-refractivity contribution in [2.75, 3.05) is 14.2 Å². The zero-order chi connectivity index (χ0) is 54.2. The van der Waals surface area contributed by atoms with Crippen LogP contribution in [0.5, 0.6) is 0 Å². The quantitative estimate of drug-likeness (QED) is 0.115. The largest absolute Gasteiger partial charge is 0.469 e. The van der Waals surface area contributed by atoms with E-state index in [0.717, 1.165) is 136 Å². The van der Waals surface area contributed by atoms with Crippen LogP contribution in [0.2, 0.25) is 0 Å². The predicted molar refractivity (Wildman–Crippen MR) is 306 cm³/mol. The maximum atomic E-state index is 14.6. The molecule has 12 nitrogen and oxygen atoms in total. The number of nitrogens with zero attached hydrogens (tertiary/aromatic N) is 4. The summed E-state index contributed by atoms with van der Waals surface area (Å²) in [7, 11) is 2.80. The Hall–Kier alpha value is -6.30. The molecule has 12 heteroatoms. The molecule has 2 amide bonds. The van der Waals surface area contributed by atoms with E-state index in [2.05, 4.69) is 92.6 Å². The molecular weight excluding hydrogens is 973 g/mol. The molecule has 6 aromatic rings. The summed E-state index contributed by atoms with van der Waals surface area (Å²) >= 11 is 0. The molecule has 6 aliphatic carbocycles. The topological polar surface area (TPSA) is 151 Å². The van der Waals surface area contributed by atoms with E-state index in [1.807, 2.05) is 27.7 Å². The Morgan fingerprint density at radius 1 is 0.526 bits per heavy atom. The highest BCUT2D eigenvalue weighted by Crippen LogP contribution is 2.49. The van der Waals surface area contributed by atoms with E-state index in [4.69, 9.17) is 19.4 Å². The number of hydrogen-bond acceptors (Lipinski definition) is 8. The number of hydrogen-bond donors (Lipinski definition) is 2. The monoisotopic (exact) mass is 1050 g/mol. The summed E-state index contributed by atoms with van der Waals surface area (Å²) in [6.45, 7) is 8.14. The number of aromatic amines is 2. The highest BCUT2D eigenvalue weighted by Gasteiger charge is 2.50. The first-order valence-corrected chi connectivity index (χ1v) is 29.9. The van der Waals surface area contributed by atoms with Crippen LogP contribution in [-0.2, 0) is 54.3 Å². The summed E-state index contributed by atoms with van der Waals surface area (Å²) in [5, 5.41) is 0. The fourth-order valence-electron chi connectivity index (χ4n) is 14.7. The Kier molecular flexibility index (Phi) is 16.0. The fraction of sp³-hybridized carbons (Fsp3) is 0.545. The summed E-state index contributed by atoms with van der Waals surface area (Å²) in [5.41, 5.74) is 14.2. The van der Waals surface area contributed by atoms with Crippen molar-refractivity contribution >= 4 is 45.8 Å². The van der Waals surface area contributed by atoms with Crippen LogP contribution < -0.4 is 0 Å². The maximum Gasteiger partial charge on any atom is 0.306 e. The second kappa shape index (κ2) is 23.2. The normalized spacial score (nSPS) is 23.5. The lowest BCUT2D eigenvalue weighted by Gasteiger charge is -2.36. The van der Waals surface area contributed by atoms with E-state index in [9.17, 15) is 19.2 Å². The number of rotatable bonds is 12. The van der Waals surface area contributed by atoms with E-state index in [0.29, 0.717) is 11.8 Å². The molecule has 78 heavy (non-hydrogen) atoms. The fourth-order valence-corrected chi connectivity index (χ4v) is 14.7. The third kappa shape index (κ3) is 10.9. The number of methoxy groups -OCH3 is 2. The summed E-state index contributed by atoms with van der Waals surface area (Å²) in [4.78, 5) is 76.4. The van der Waals surface area contributed by atoms with Crippen molar-refractivity contribution in [3.05, 3.63) is 107 Å². The second-order valence-electron chi connectivity index (χ2n) is 24.6. The molecule has 4 fully saturated rings. The summed E-state index contributed by atoms with van der Waals surface area (Å²) < 4.78 is 10.1. The van der Waals surface area contributed by atoms with Gasteiger partial charge in [-0.25, -0.2) is 9.97 Å². The maximum absolute atomic E-state index is 14.6. The Labute approximate surface area is 461 Å². The number of likely N-dealkylation sites (tertiary alicyclic amines) is 2. The number of carbonyl (C=O) groups is 4. The molecule has 2 saturated carbocycles. The minimum Gasteiger partial charge on any atom is -0.469 e. The zero-order valence-corrected chi connectivity index (χ0v) is 47.1. The lowest BCUT2D eigenvalue weighted by Crippen LogP contribution is -2.45. The molecular formula is C66H82N6O6. The number of nitrogens with one attached hydrogen (secondary N) is 2. The summed E-state index contributed by atoms with van der Waals surface area (Å²) in [5.74, 6) is 1.13. The highest BCUT2D eigenvalue weighted by molar-refractivity contribution is 5.88. The molecule has 14 rings (SSSR count). The van der Waals surface area contributed by atoms with Crippen molar-refractivity contribution in [1.82, 2.24) is 29.7 Å². The van der Waals surface area contributed by atoms with Gasteiger partial charge in [-0.15, -0.1) is 0 Å². The van der Waals surface area contributed by atoms with E-state index in [-0.39, 0.29) is 72.6 Å². The minimum absolute atomic E-state index is 0.00635. The number of fused-ring (bicyclic) bond motifs is 4. The Morgan fingerprint density at radius 2 is 0.936 bits per heavy atom. The van der Waals surface area contributed by atoms with Crippen molar-refractivity contribution in [2.24, 2.45) is 35.5 Å². The number of benzene rings is 4. The summed E-state index contributed by atoms with van der Waals surface area (Å²) in [6.07, 6.45) is 19.0. The molecule has 4 heterocycles. The first-order valence-electron chi connectivity index (χ1n) is 29.9. The molecule has 412 valence electrons. The van der Waals surface area contributed by atoms with Gasteiger partial charge in [-0.05, 0) is 182 Å². The number of imidazole rings is 2. The molecule has 2 N–H and O–H groups in total. The van der Waals surface area contributed by atoms with Crippen LogP contribution in [0.4, 0.5) is 0 Å². The number of amides is 2. The average molecular weight is 1060 g/mol. The van der Waals surface area contributed by atoms with Gasteiger partial charge in [0.25, 0.3) is 0 Å².